The maximum atomic E-state index is 12.6. The Hall–Kier alpha value is -2.55. The Morgan fingerprint density at radius 2 is 2.19 bits per heavy atom. The summed E-state index contributed by atoms with van der Waals surface area (Å²) in [4.78, 5) is 26.5. The van der Waals surface area contributed by atoms with Crippen molar-refractivity contribution < 1.29 is 19.1 Å². The number of nitrogens with zero attached hydrogens (tertiary/aromatic N) is 3. The number of hydrogen-bond donors (Lipinski definition) is 1. The molecular formula is C18H19BrN4O4. The van der Waals surface area contributed by atoms with Gasteiger partial charge < -0.3 is 19.7 Å². The molecular weight excluding hydrogens is 416 g/mol. The van der Waals surface area contributed by atoms with Crippen molar-refractivity contribution in [2.24, 2.45) is 0 Å². The topological polar surface area (TPSA) is 85.7 Å². The van der Waals surface area contributed by atoms with Crippen molar-refractivity contribution >= 4 is 27.7 Å². The number of nitrogens with one attached hydrogen (secondary N) is 1. The molecule has 9 heteroatoms. The molecule has 1 atom stereocenters. The lowest BCUT2D eigenvalue weighted by molar-refractivity contribution is -0.135. The second-order valence-corrected chi connectivity index (χ2v) is 7.39. The monoisotopic (exact) mass is 434 g/mol. The maximum absolute atomic E-state index is 12.6. The molecule has 2 aliphatic heterocycles. The van der Waals surface area contributed by atoms with Crippen LogP contribution < -0.4 is 14.8 Å². The fraction of sp³-hybridized carbons (Fsp3) is 0.389. The van der Waals surface area contributed by atoms with Gasteiger partial charge in [-0.1, -0.05) is 6.07 Å². The molecule has 1 unspecified atom stereocenters. The van der Waals surface area contributed by atoms with E-state index in [1.165, 1.54) is 0 Å². The Labute approximate surface area is 164 Å². The van der Waals surface area contributed by atoms with E-state index in [1.54, 1.807) is 15.8 Å². The number of amides is 2. The van der Waals surface area contributed by atoms with Gasteiger partial charge in [0.1, 0.15) is 6.04 Å². The highest BCUT2D eigenvalue weighted by Gasteiger charge is 2.36. The first-order valence-electron chi connectivity index (χ1n) is 8.74. The number of aromatic nitrogens is 2. The first-order valence-corrected chi connectivity index (χ1v) is 9.53. The molecule has 0 aliphatic carbocycles. The number of likely N-dealkylation sites (tertiary alicyclic amines) is 1. The zero-order chi connectivity index (χ0) is 18.8. The maximum Gasteiger partial charge on any atom is 0.242 e. The van der Waals surface area contributed by atoms with E-state index in [9.17, 15) is 9.59 Å². The minimum atomic E-state index is -0.452. The molecule has 8 nitrogen and oxygen atoms in total. The van der Waals surface area contributed by atoms with Crippen molar-refractivity contribution in [1.29, 1.82) is 0 Å². The standard InChI is InChI=1S/C18H19BrN4O4/c19-13-8-21-22(10-13)6-5-20-18(25)14-2-4-17(24)23(14)9-12-1-3-15-16(7-12)27-11-26-15/h1,3,7-8,10,14H,2,4-6,9,11H2,(H,20,25). The Morgan fingerprint density at radius 1 is 1.33 bits per heavy atom. The number of benzene rings is 1. The average molecular weight is 435 g/mol. The van der Waals surface area contributed by atoms with Gasteiger partial charge in [-0.2, -0.15) is 5.10 Å². The van der Waals surface area contributed by atoms with Crippen molar-refractivity contribution in [2.45, 2.75) is 32.0 Å². The summed E-state index contributed by atoms with van der Waals surface area (Å²) in [6.07, 6.45) is 4.46. The van der Waals surface area contributed by atoms with Crippen LogP contribution in [0, 0.1) is 0 Å². The quantitative estimate of drug-likeness (QED) is 0.747. The summed E-state index contributed by atoms with van der Waals surface area (Å²) in [6, 6.07) is 5.13. The third kappa shape index (κ3) is 3.92. The molecule has 3 heterocycles. The van der Waals surface area contributed by atoms with Crippen LogP contribution in [0.25, 0.3) is 0 Å². The summed E-state index contributed by atoms with van der Waals surface area (Å²) in [5.41, 5.74) is 0.911. The van der Waals surface area contributed by atoms with E-state index < -0.39 is 6.04 Å². The fourth-order valence-electron chi connectivity index (χ4n) is 3.31. The van der Waals surface area contributed by atoms with Gasteiger partial charge in [-0.15, -0.1) is 0 Å². The van der Waals surface area contributed by atoms with Crippen molar-refractivity contribution in [3.05, 3.63) is 40.6 Å². The van der Waals surface area contributed by atoms with Gasteiger partial charge in [-0.25, -0.2) is 0 Å². The second-order valence-electron chi connectivity index (χ2n) is 6.48. The van der Waals surface area contributed by atoms with Crippen molar-refractivity contribution in [3.63, 3.8) is 0 Å². The molecule has 2 aromatic rings. The van der Waals surface area contributed by atoms with Crippen molar-refractivity contribution in [1.82, 2.24) is 20.0 Å². The molecule has 4 rings (SSSR count). The zero-order valence-electron chi connectivity index (χ0n) is 14.6. The molecule has 142 valence electrons. The molecule has 0 radical (unpaired) electrons. The first kappa shape index (κ1) is 17.8. The number of ether oxygens (including phenoxy) is 2. The number of hydrogen-bond acceptors (Lipinski definition) is 5. The third-order valence-electron chi connectivity index (χ3n) is 4.66. The largest absolute Gasteiger partial charge is 0.454 e. The lowest BCUT2D eigenvalue weighted by atomic mass is 10.1. The fourth-order valence-corrected chi connectivity index (χ4v) is 3.64. The normalized spacial score (nSPS) is 18.2. The number of fused-ring (bicyclic) bond motifs is 1. The van der Waals surface area contributed by atoms with Crippen LogP contribution in [0.5, 0.6) is 11.5 Å². The van der Waals surface area contributed by atoms with Crippen LogP contribution >= 0.6 is 15.9 Å². The predicted molar refractivity (Wildman–Crippen MR) is 99.1 cm³/mol. The minimum absolute atomic E-state index is 0.0103. The molecule has 1 fully saturated rings. The highest BCUT2D eigenvalue weighted by molar-refractivity contribution is 9.10. The molecule has 0 spiro atoms. The van der Waals surface area contributed by atoms with Gasteiger partial charge in [-0.3, -0.25) is 14.3 Å². The summed E-state index contributed by atoms with van der Waals surface area (Å²) in [5, 5.41) is 7.06. The highest BCUT2D eigenvalue weighted by atomic mass is 79.9. The van der Waals surface area contributed by atoms with Crippen LogP contribution in [0.4, 0.5) is 0 Å². The smallest absolute Gasteiger partial charge is 0.242 e. The van der Waals surface area contributed by atoms with E-state index in [0.29, 0.717) is 44.0 Å². The van der Waals surface area contributed by atoms with Crippen LogP contribution in [-0.4, -0.2) is 45.9 Å². The van der Waals surface area contributed by atoms with Crippen LogP contribution in [0.15, 0.2) is 35.1 Å². The van der Waals surface area contributed by atoms with Gasteiger partial charge in [0.2, 0.25) is 18.6 Å². The summed E-state index contributed by atoms with van der Waals surface area (Å²) in [5.74, 6) is 1.23. The summed E-state index contributed by atoms with van der Waals surface area (Å²) >= 11 is 3.34. The lowest BCUT2D eigenvalue weighted by Crippen LogP contribution is -2.45. The average Bonchev–Trinajstić information content (AvgIpc) is 3.36. The van der Waals surface area contributed by atoms with E-state index in [4.69, 9.17) is 9.47 Å². The first-order chi connectivity index (χ1) is 13.1. The second kappa shape index (κ2) is 7.59. The van der Waals surface area contributed by atoms with Crippen molar-refractivity contribution in [2.75, 3.05) is 13.3 Å². The van der Waals surface area contributed by atoms with E-state index in [0.717, 1.165) is 10.0 Å². The van der Waals surface area contributed by atoms with Crippen LogP contribution in [0.2, 0.25) is 0 Å². The summed E-state index contributed by atoms with van der Waals surface area (Å²) < 4.78 is 13.3. The molecule has 1 aromatic heterocycles. The number of carbonyl (C=O) groups excluding carboxylic acids is 2. The van der Waals surface area contributed by atoms with Crippen molar-refractivity contribution in [3.8, 4) is 11.5 Å². The Morgan fingerprint density at radius 3 is 3.00 bits per heavy atom. The SMILES string of the molecule is O=C(NCCn1cc(Br)cn1)C1CCC(=O)N1Cc1ccc2c(c1)OCO2. The molecule has 2 aliphatic rings. The molecule has 2 amide bonds. The molecule has 1 aromatic carbocycles. The number of halogens is 1. The molecule has 1 N–H and O–H groups in total. The van der Waals surface area contributed by atoms with E-state index >= 15 is 0 Å². The number of carbonyl (C=O) groups is 2. The third-order valence-corrected chi connectivity index (χ3v) is 5.07. The van der Waals surface area contributed by atoms with Gasteiger partial charge in [0.05, 0.1) is 17.2 Å². The van der Waals surface area contributed by atoms with E-state index in [-0.39, 0.29) is 18.6 Å². The molecule has 1 saturated heterocycles. The van der Waals surface area contributed by atoms with Gasteiger partial charge in [0.15, 0.2) is 11.5 Å². The van der Waals surface area contributed by atoms with E-state index in [2.05, 4.69) is 26.3 Å². The van der Waals surface area contributed by atoms with Gasteiger partial charge in [-0.05, 0) is 40.0 Å². The zero-order valence-corrected chi connectivity index (χ0v) is 16.1. The molecule has 27 heavy (non-hydrogen) atoms. The highest BCUT2D eigenvalue weighted by Crippen LogP contribution is 2.33. The van der Waals surface area contributed by atoms with Crippen LogP contribution in [-0.2, 0) is 22.7 Å². The summed E-state index contributed by atoms with van der Waals surface area (Å²) in [6.45, 7) is 1.61. The van der Waals surface area contributed by atoms with Crippen LogP contribution in [0.3, 0.4) is 0 Å². The minimum Gasteiger partial charge on any atom is -0.454 e. The Kier molecular flexibility index (Phi) is 5.02. The van der Waals surface area contributed by atoms with Gasteiger partial charge >= 0.3 is 0 Å². The van der Waals surface area contributed by atoms with E-state index in [1.807, 2.05) is 24.4 Å². The molecule has 0 bridgehead atoms. The van der Waals surface area contributed by atoms with Gasteiger partial charge in [0.25, 0.3) is 0 Å². The Balaban J connectivity index is 1.36. The lowest BCUT2D eigenvalue weighted by Gasteiger charge is -2.24. The van der Waals surface area contributed by atoms with Gasteiger partial charge in [0, 0.05) is 25.7 Å². The number of rotatable bonds is 6. The molecule has 0 saturated carbocycles. The predicted octanol–water partition coefficient (Wildman–Crippen LogP) is 1.68. The Bertz CT molecular complexity index is 869. The summed E-state index contributed by atoms with van der Waals surface area (Å²) in [7, 11) is 0. The van der Waals surface area contributed by atoms with Crippen LogP contribution in [0.1, 0.15) is 18.4 Å².